The minimum atomic E-state index is -0.412. The van der Waals surface area contributed by atoms with E-state index in [1.165, 1.54) is 6.26 Å². The van der Waals surface area contributed by atoms with E-state index < -0.39 is 5.91 Å². The van der Waals surface area contributed by atoms with Gasteiger partial charge in [0.05, 0.1) is 6.61 Å². The van der Waals surface area contributed by atoms with Crippen molar-refractivity contribution in [1.82, 2.24) is 4.98 Å². The summed E-state index contributed by atoms with van der Waals surface area (Å²) in [5.41, 5.74) is 0.718. The zero-order valence-corrected chi connectivity index (χ0v) is 12.7. The summed E-state index contributed by atoms with van der Waals surface area (Å²) >= 11 is 0. The molecule has 1 saturated carbocycles. The van der Waals surface area contributed by atoms with Crippen LogP contribution < -0.4 is 15.4 Å². The fourth-order valence-electron chi connectivity index (χ4n) is 1.98. The van der Waals surface area contributed by atoms with Gasteiger partial charge in [-0.3, -0.25) is 14.9 Å². The first-order chi connectivity index (χ1) is 11.2. The van der Waals surface area contributed by atoms with Crippen molar-refractivity contribution in [2.24, 2.45) is 5.92 Å². The highest BCUT2D eigenvalue weighted by molar-refractivity contribution is 6.03. The van der Waals surface area contributed by atoms with E-state index in [-0.39, 0.29) is 23.5 Å². The maximum absolute atomic E-state index is 12.1. The van der Waals surface area contributed by atoms with Crippen molar-refractivity contribution in [1.29, 1.82) is 0 Å². The lowest BCUT2D eigenvalue weighted by atomic mass is 10.3. The van der Waals surface area contributed by atoms with Gasteiger partial charge < -0.3 is 14.5 Å². The van der Waals surface area contributed by atoms with Gasteiger partial charge in [0.2, 0.25) is 5.91 Å². The monoisotopic (exact) mass is 315 g/mol. The van der Waals surface area contributed by atoms with Crippen LogP contribution in [0.2, 0.25) is 0 Å². The molecule has 0 unspecified atom stereocenters. The van der Waals surface area contributed by atoms with Crippen molar-refractivity contribution >= 4 is 23.5 Å². The summed E-state index contributed by atoms with van der Waals surface area (Å²) in [5.74, 6) is 0.246. The molecule has 23 heavy (non-hydrogen) atoms. The Morgan fingerprint density at radius 2 is 2.00 bits per heavy atom. The third kappa shape index (κ3) is 3.88. The molecular formula is C16H17N3O4. The molecule has 1 aliphatic carbocycles. The number of benzene rings is 1. The van der Waals surface area contributed by atoms with Crippen LogP contribution in [0.15, 0.2) is 34.9 Å². The highest BCUT2D eigenvalue weighted by atomic mass is 16.5. The molecule has 0 atom stereocenters. The van der Waals surface area contributed by atoms with Gasteiger partial charge >= 0.3 is 6.01 Å². The van der Waals surface area contributed by atoms with Crippen molar-refractivity contribution in [3.05, 3.63) is 36.2 Å². The predicted molar refractivity (Wildman–Crippen MR) is 83.4 cm³/mol. The SMILES string of the molecule is CCOc1ccc(NC(=O)c2coc(NC(=O)C3CC3)n2)cc1. The number of oxazole rings is 1. The molecule has 1 heterocycles. The van der Waals surface area contributed by atoms with Crippen LogP contribution in [0.5, 0.6) is 5.75 Å². The molecule has 7 heteroatoms. The number of carbonyl (C=O) groups is 2. The van der Waals surface area contributed by atoms with E-state index in [0.717, 1.165) is 18.6 Å². The van der Waals surface area contributed by atoms with Crippen LogP contribution in [0.4, 0.5) is 11.7 Å². The Labute approximate surface area is 133 Å². The van der Waals surface area contributed by atoms with Gasteiger partial charge in [0.1, 0.15) is 12.0 Å². The normalized spacial score (nSPS) is 13.4. The van der Waals surface area contributed by atoms with E-state index in [1.54, 1.807) is 24.3 Å². The Balaban J connectivity index is 1.59. The molecule has 0 spiro atoms. The Kier molecular flexibility index (Phi) is 4.27. The van der Waals surface area contributed by atoms with Crippen LogP contribution in [0, 0.1) is 5.92 Å². The number of hydrogen-bond acceptors (Lipinski definition) is 5. The zero-order chi connectivity index (χ0) is 16.2. The molecule has 1 fully saturated rings. The van der Waals surface area contributed by atoms with Gasteiger partial charge in [-0.1, -0.05) is 0 Å². The Hall–Kier alpha value is -2.83. The topological polar surface area (TPSA) is 93.5 Å². The molecular weight excluding hydrogens is 298 g/mol. The molecule has 2 N–H and O–H groups in total. The number of nitrogens with one attached hydrogen (secondary N) is 2. The molecule has 0 radical (unpaired) electrons. The fourth-order valence-corrected chi connectivity index (χ4v) is 1.98. The quantitative estimate of drug-likeness (QED) is 0.855. The number of rotatable bonds is 6. The maximum atomic E-state index is 12.1. The van der Waals surface area contributed by atoms with E-state index in [1.807, 2.05) is 6.92 Å². The van der Waals surface area contributed by atoms with Gasteiger partial charge in [-0.15, -0.1) is 0 Å². The van der Waals surface area contributed by atoms with Crippen molar-refractivity contribution in [3.63, 3.8) is 0 Å². The van der Waals surface area contributed by atoms with E-state index in [0.29, 0.717) is 12.3 Å². The fraction of sp³-hybridized carbons (Fsp3) is 0.312. The maximum Gasteiger partial charge on any atom is 0.302 e. The van der Waals surface area contributed by atoms with Gasteiger partial charge in [-0.2, -0.15) is 4.98 Å². The molecule has 7 nitrogen and oxygen atoms in total. The van der Waals surface area contributed by atoms with Crippen LogP contribution in [-0.2, 0) is 4.79 Å². The third-order valence-corrected chi connectivity index (χ3v) is 3.34. The minimum absolute atomic E-state index is 0.0405. The molecule has 2 aromatic rings. The van der Waals surface area contributed by atoms with Crippen LogP contribution in [-0.4, -0.2) is 23.4 Å². The van der Waals surface area contributed by atoms with Crippen molar-refractivity contribution in [2.75, 3.05) is 17.2 Å². The van der Waals surface area contributed by atoms with E-state index in [9.17, 15) is 9.59 Å². The predicted octanol–water partition coefficient (Wildman–Crippen LogP) is 2.67. The second-order valence-corrected chi connectivity index (χ2v) is 5.21. The van der Waals surface area contributed by atoms with Gasteiger partial charge in [0, 0.05) is 11.6 Å². The smallest absolute Gasteiger partial charge is 0.302 e. The summed E-state index contributed by atoms with van der Waals surface area (Å²) in [4.78, 5) is 27.7. The average Bonchev–Trinajstić information content (AvgIpc) is 3.30. The Morgan fingerprint density at radius 1 is 1.26 bits per heavy atom. The van der Waals surface area contributed by atoms with Gasteiger partial charge in [-0.05, 0) is 44.0 Å². The number of aromatic nitrogens is 1. The number of ether oxygens (including phenoxy) is 1. The van der Waals surface area contributed by atoms with Crippen molar-refractivity contribution < 1.29 is 18.7 Å². The summed E-state index contributed by atoms with van der Waals surface area (Å²) in [6.45, 7) is 2.49. The molecule has 0 saturated heterocycles. The number of carbonyl (C=O) groups excluding carboxylic acids is 2. The highest BCUT2D eigenvalue weighted by Crippen LogP contribution is 2.30. The number of hydrogen-bond donors (Lipinski definition) is 2. The number of nitrogens with zero attached hydrogens (tertiary/aromatic N) is 1. The van der Waals surface area contributed by atoms with E-state index in [2.05, 4.69) is 15.6 Å². The van der Waals surface area contributed by atoms with Crippen LogP contribution in [0.3, 0.4) is 0 Å². The lowest BCUT2D eigenvalue weighted by Gasteiger charge is -2.05. The second-order valence-electron chi connectivity index (χ2n) is 5.21. The van der Waals surface area contributed by atoms with Crippen LogP contribution >= 0.6 is 0 Å². The summed E-state index contributed by atoms with van der Waals surface area (Å²) in [6.07, 6.45) is 2.99. The van der Waals surface area contributed by atoms with Crippen LogP contribution in [0.25, 0.3) is 0 Å². The minimum Gasteiger partial charge on any atom is -0.494 e. The molecule has 0 bridgehead atoms. The molecule has 0 aliphatic heterocycles. The molecule has 1 aliphatic rings. The van der Waals surface area contributed by atoms with Gasteiger partial charge in [-0.25, -0.2) is 0 Å². The highest BCUT2D eigenvalue weighted by Gasteiger charge is 2.30. The number of amides is 2. The molecule has 1 aromatic carbocycles. The standard InChI is InChI=1S/C16H17N3O4/c1-2-22-12-7-5-11(6-8-12)17-15(21)13-9-23-16(18-13)19-14(20)10-3-4-10/h5-10H,2-4H2,1H3,(H,17,21)(H,18,19,20). The number of anilines is 2. The summed E-state index contributed by atoms with van der Waals surface area (Å²) in [7, 11) is 0. The van der Waals surface area contributed by atoms with Crippen LogP contribution in [0.1, 0.15) is 30.3 Å². The molecule has 120 valence electrons. The summed E-state index contributed by atoms with van der Waals surface area (Å²) in [6, 6.07) is 7.04. The lowest BCUT2D eigenvalue weighted by Crippen LogP contribution is -2.15. The molecule has 2 amide bonds. The second kappa shape index (κ2) is 6.51. The van der Waals surface area contributed by atoms with Gasteiger partial charge in [0.25, 0.3) is 5.91 Å². The third-order valence-electron chi connectivity index (χ3n) is 3.34. The molecule has 3 rings (SSSR count). The first-order valence-electron chi connectivity index (χ1n) is 7.46. The molecule has 1 aromatic heterocycles. The average molecular weight is 315 g/mol. The van der Waals surface area contributed by atoms with Crippen molar-refractivity contribution in [3.8, 4) is 5.75 Å². The van der Waals surface area contributed by atoms with Gasteiger partial charge in [0.15, 0.2) is 5.69 Å². The zero-order valence-electron chi connectivity index (χ0n) is 12.7. The Bertz CT molecular complexity index is 704. The summed E-state index contributed by atoms with van der Waals surface area (Å²) in [5, 5.41) is 5.25. The summed E-state index contributed by atoms with van der Waals surface area (Å²) < 4.78 is 10.4. The van der Waals surface area contributed by atoms with E-state index >= 15 is 0 Å². The van der Waals surface area contributed by atoms with E-state index in [4.69, 9.17) is 9.15 Å². The largest absolute Gasteiger partial charge is 0.494 e. The van der Waals surface area contributed by atoms with Crippen molar-refractivity contribution in [2.45, 2.75) is 19.8 Å². The lowest BCUT2D eigenvalue weighted by molar-refractivity contribution is -0.117. The first kappa shape index (κ1) is 15.1. The Morgan fingerprint density at radius 3 is 2.65 bits per heavy atom. The first-order valence-corrected chi connectivity index (χ1v) is 7.46.